The fraction of sp³-hybridized carbons (Fsp3) is 0.0909. The monoisotopic (exact) mass is 372 g/mol. The standard InChI is InChI=1S/C22H20N4S/c1-26(2)20-11-7-16(8-12-20)14-23-25-22-24-21(15-27-22)19-10-9-17-5-3-4-6-18(17)13-19/h3-15H,1-2H3,(H,24,25). The molecule has 4 rings (SSSR count). The average molecular weight is 372 g/mol. The van der Waals surface area contributed by atoms with E-state index in [9.17, 15) is 0 Å². The average Bonchev–Trinajstić information content (AvgIpc) is 3.17. The van der Waals surface area contributed by atoms with Crippen LogP contribution in [0.5, 0.6) is 0 Å². The summed E-state index contributed by atoms with van der Waals surface area (Å²) in [7, 11) is 4.06. The number of nitrogens with one attached hydrogen (secondary N) is 1. The van der Waals surface area contributed by atoms with Crippen molar-refractivity contribution in [3.63, 3.8) is 0 Å². The lowest BCUT2D eigenvalue weighted by Gasteiger charge is -2.11. The Morgan fingerprint density at radius 3 is 2.52 bits per heavy atom. The SMILES string of the molecule is CN(C)c1ccc(C=NNc2nc(-c3ccc4ccccc4c3)cs2)cc1. The van der Waals surface area contributed by atoms with Crippen molar-refractivity contribution in [2.75, 3.05) is 24.4 Å². The zero-order valence-electron chi connectivity index (χ0n) is 15.3. The first-order valence-corrected chi connectivity index (χ1v) is 9.58. The minimum atomic E-state index is 0.777. The van der Waals surface area contributed by atoms with Gasteiger partial charge in [-0.2, -0.15) is 5.10 Å². The summed E-state index contributed by atoms with van der Waals surface area (Å²) in [5.74, 6) is 0. The Morgan fingerprint density at radius 1 is 0.963 bits per heavy atom. The number of hydrazone groups is 1. The molecule has 3 aromatic carbocycles. The third-order valence-corrected chi connectivity index (χ3v) is 5.08. The van der Waals surface area contributed by atoms with Crippen LogP contribution < -0.4 is 10.3 Å². The normalized spacial score (nSPS) is 11.2. The Kier molecular flexibility index (Phi) is 4.85. The molecule has 0 aliphatic carbocycles. The first kappa shape index (κ1) is 17.2. The van der Waals surface area contributed by atoms with Crippen molar-refractivity contribution in [1.82, 2.24) is 4.98 Å². The molecular weight excluding hydrogens is 352 g/mol. The lowest BCUT2D eigenvalue weighted by Crippen LogP contribution is -2.08. The molecule has 0 saturated heterocycles. The minimum Gasteiger partial charge on any atom is -0.378 e. The Bertz CT molecular complexity index is 1080. The summed E-state index contributed by atoms with van der Waals surface area (Å²) < 4.78 is 0. The van der Waals surface area contributed by atoms with Gasteiger partial charge in [-0.05, 0) is 34.5 Å². The number of nitrogens with zero attached hydrogens (tertiary/aromatic N) is 3. The van der Waals surface area contributed by atoms with E-state index >= 15 is 0 Å². The van der Waals surface area contributed by atoms with Gasteiger partial charge in [0.2, 0.25) is 5.13 Å². The van der Waals surface area contributed by atoms with E-state index in [2.05, 4.69) is 75.0 Å². The number of thiazole rings is 1. The second-order valence-electron chi connectivity index (χ2n) is 6.46. The maximum atomic E-state index is 4.64. The van der Waals surface area contributed by atoms with Gasteiger partial charge >= 0.3 is 0 Å². The van der Waals surface area contributed by atoms with E-state index in [4.69, 9.17) is 0 Å². The molecule has 4 nitrogen and oxygen atoms in total. The van der Waals surface area contributed by atoms with Gasteiger partial charge in [0.25, 0.3) is 0 Å². The zero-order valence-corrected chi connectivity index (χ0v) is 16.1. The first-order valence-electron chi connectivity index (χ1n) is 8.70. The number of benzene rings is 3. The second kappa shape index (κ2) is 7.60. The van der Waals surface area contributed by atoms with E-state index in [1.165, 1.54) is 16.5 Å². The first-order chi connectivity index (χ1) is 13.2. The molecule has 134 valence electrons. The molecule has 1 aromatic heterocycles. The molecule has 0 aliphatic rings. The van der Waals surface area contributed by atoms with Crippen LogP contribution >= 0.6 is 11.3 Å². The molecule has 0 fully saturated rings. The number of rotatable bonds is 5. The highest BCUT2D eigenvalue weighted by molar-refractivity contribution is 7.14. The molecule has 0 atom stereocenters. The van der Waals surface area contributed by atoms with Crippen LogP contribution in [0, 0.1) is 0 Å². The van der Waals surface area contributed by atoms with Crippen LogP contribution in [0.4, 0.5) is 10.8 Å². The molecular formula is C22H20N4S. The summed E-state index contributed by atoms with van der Waals surface area (Å²) in [4.78, 5) is 6.72. The molecule has 0 aliphatic heterocycles. The van der Waals surface area contributed by atoms with Crippen LogP contribution in [0.2, 0.25) is 0 Å². The van der Waals surface area contributed by atoms with E-state index in [0.29, 0.717) is 0 Å². The van der Waals surface area contributed by atoms with Crippen LogP contribution in [-0.2, 0) is 0 Å². The Morgan fingerprint density at radius 2 is 1.74 bits per heavy atom. The Labute approximate surface area is 162 Å². The van der Waals surface area contributed by atoms with Crippen LogP contribution in [0.25, 0.3) is 22.0 Å². The van der Waals surface area contributed by atoms with Crippen molar-refractivity contribution in [1.29, 1.82) is 0 Å². The molecule has 27 heavy (non-hydrogen) atoms. The zero-order chi connectivity index (χ0) is 18.6. The maximum Gasteiger partial charge on any atom is 0.203 e. The lowest BCUT2D eigenvalue weighted by molar-refractivity contribution is 1.13. The molecule has 0 amide bonds. The predicted octanol–water partition coefficient (Wildman–Crippen LogP) is 5.48. The number of aromatic nitrogens is 1. The molecule has 0 spiro atoms. The fourth-order valence-electron chi connectivity index (χ4n) is 2.83. The summed E-state index contributed by atoms with van der Waals surface area (Å²) in [6.45, 7) is 0. The number of hydrogen-bond acceptors (Lipinski definition) is 5. The Hall–Kier alpha value is -3.18. The highest BCUT2D eigenvalue weighted by atomic mass is 32.1. The van der Waals surface area contributed by atoms with E-state index < -0.39 is 0 Å². The minimum absolute atomic E-state index is 0.777. The van der Waals surface area contributed by atoms with Gasteiger partial charge in [-0.15, -0.1) is 11.3 Å². The van der Waals surface area contributed by atoms with Gasteiger partial charge in [-0.1, -0.05) is 48.5 Å². The van der Waals surface area contributed by atoms with Crippen LogP contribution in [0.1, 0.15) is 5.56 Å². The summed E-state index contributed by atoms with van der Waals surface area (Å²) in [6, 6.07) is 23.0. The summed E-state index contributed by atoms with van der Waals surface area (Å²) >= 11 is 1.55. The lowest BCUT2D eigenvalue weighted by atomic mass is 10.1. The predicted molar refractivity (Wildman–Crippen MR) is 117 cm³/mol. The highest BCUT2D eigenvalue weighted by Gasteiger charge is 2.05. The molecule has 0 unspecified atom stereocenters. The van der Waals surface area contributed by atoms with Gasteiger partial charge in [-0.3, -0.25) is 5.43 Å². The molecule has 1 N–H and O–H groups in total. The van der Waals surface area contributed by atoms with Crippen molar-refractivity contribution in [2.24, 2.45) is 5.10 Å². The summed E-state index contributed by atoms with van der Waals surface area (Å²) in [5.41, 5.74) is 7.30. The molecule has 5 heteroatoms. The van der Waals surface area contributed by atoms with Crippen molar-refractivity contribution in [2.45, 2.75) is 0 Å². The quantitative estimate of drug-likeness (QED) is 0.373. The van der Waals surface area contributed by atoms with Crippen molar-refractivity contribution >= 4 is 39.1 Å². The van der Waals surface area contributed by atoms with Gasteiger partial charge in [0.15, 0.2) is 0 Å². The third kappa shape index (κ3) is 3.99. The number of fused-ring (bicyclic) bond motifs is 1. The maximum absolute atomic E-state index is 4.64. The van der Waals surface area contributed by atoms with Gasteiger partial charge < -0.3 is 4.90 Å². The van der Waals surface area contributed by atoms with Crippen LogP contribution in [-0.4, -0.2) is 25.3 Å². The molecule has 4 aromatic rings. The van der Waals surface area contributed by atoms with Crippen molar-refractivity contribution < 1.29 is 0 Å². The van der Waals surface area contributed by atoms with Gasteiger partial charge in [0.1, 0.15) is 0 Å². The largest absolute Gasteiger partial charge is 0.378 e. The van der Waals surface area contributed by atoms with E-state index in [0.717, 1.165) is 22.0 Å². The summed E-state index contributed by atoms with van der Waals surface area (Å²) in [5, 5.41) is 9.58. The van der Waals surface area contributed by atoms with Crippen LogP contribution in [0.3, 0.4) is 0 Å². The van der Waals surface area contributed by atoms with Gasteiger partial charge in [0, 0.05) is 30.7 Å². The fourth-order valence-corrected chi connectivity index (χ4v) is 3.50. The smallest absolute Gasteiger partial charge is 0.203 e. The highest BCUT2D eigenvalue weighted by Crippen LogP contribution is 2.27. The molecule has 0 saturated carbocycles. The van der Waals surface area contributed by atoms with Crippen molar-refractivity contribution in [3.05, 3.63) is 77.7 Å². The van der Waals surface area contributed by atoms with Gasteiger partial charge in [-0.25, -0.2) is 4.98 Å². The van der Waals surface area contributed by atoms with Crippen LogP contribution in [0.15, 0.2) is 77.2 Å². The van der Waals surface area contributed by atoms with E-state index in [1.54, 1.807) is 17.6 Å². The van der Waals surface area contributed by atoms with Crippen molar-refractivity contribution in [3.8, 4) is 11.3 Å². The summed E-state index contributed by atoms with van der Waals surface area (Å²) in [6.07, 6.45) is 1.80. The van der Waals surface area contributed by atoms with Gasteiger partial charge in [0.05, 0.1) is 11.9 Å². The van der Waals surface area contributed by atoms with E-state index in [1.807, 2.05) is 31.6 Å². The topological polar surface area (TPSA) is 40.5 Å². The molecule has 1 heterocycles. The Balaban J connectivity index is 1.45. The third-order valence-electron chi connectivity index (χ3n) is 4.33. The number of hydrogen-bond donors (Lipinski definition) is 1. The molecule has 0 radical (unpaired) electrons. The number of anilines is 2. The van der Waals surface area contributed by atoms with E-state index in [-0.39, 0.29) is 0 Å². The molecule has 0 bridgehead atoms. The second-order valence-corrected chi connectivity index (χ2v) is 7.31.